The van der Waals surface area contributed by atoms with Crippen LogP contribution in [0.25, 0.3) is 137 Å². The summed E-state index contributed by atoms with van der Waals surface area (Å²) in [4.78, 5) is 19.7. The number of thiophene rings is 1. The summed E-state index contributed by atoms with van der Waals surface area (Å²) in [6.07, 6.45) is 3.51. The average Bonchev–Trinajstić information content (AvgIpc) is 4.30. The van der Waals surface area contributed by atoms with Crippen LogP contribution in [0.3, 0.4) is 0 Å². The maximum absolute atomic E-state index is 9.22. The third-order valence-electron chi connectivity index (χ3n) is 12.9. The molecule has 7 heteroatoms. The van der Waals surface area contributed by atoms with Crippen LogP contribution in [0, 0.1) is 0 Å². The summed E-state index contributed by atoms with van der Waals surface area (Å²) in [5.74, 6) is 1.05. The van der Waals surface area contributed by atoms with Crippen LogP contribution in [0.4, 0.5) is 0 Å². The Morgan fingerprint density at radius 2 is 1.06 bits per heavy atom. The zero-order valence-corrected chi connectivity index (χ0v) is 37.2. The molecule has 322 valence electrons. The summed E-state index contributed by atoms with van der Waals surface area (Å²) in [6, 6.07) is 53.8. The van der Waals surface area contributed by atoms with Gasteiger partial charge in [0.15, 0.2) is 17.5 Å². The molecule has 0 spiro atoms. The smallest absolute Gasteiger partial charge is 0.166 e. The summed E-state index contributed by atoms with van der Waals surface area (Å²) < 4.78 is 72.7. The SMILES string of the molecule is [2H]c1cc([2H])c2c(c1[2H])c1c([2H])c([2H])c([2H])c([2H])c1n2-c1ccccc1-c1nc(-c2ccc(-c3ccncc3)cc2)nc(-c2cccc(-c3cccc4c3sc3ccc(-c5cccc6c5oc5ccccc56)cc34)c2)n1. The molecule has 0 amide bonds. The molecule has 0 aliphatic heterocycles. The van der Waals surface area contributed by atoms with Crippen molar-refractivity contribution in [3.05, 3.63) is 225 Å². The van der Waals surface area contributed by atoms with Crippen LogP contribution in [0.2, 0.25) is 0 Å². The number of furan rings is 1. The topological polar surface area (TPSA) is 69.6 Å². The normalized spacial score (nSPS) is 13.2. The minimum absolute atomic E-state index is 0.0564. The van der Waals surface area contributed by atoms with Crippen molar-refractivity contribution in [3.8, 4) is 73.2 Å². The molecule has 0 fully saturated rings. The Morgan fingerprint density at radius 1 is 0.420 bits per heavy atom. The highest BCUT2D eigenvalue weighted by Crippen LogP contribution is 2.44. The summed E-state index contributed by atoms with van der Waals surface area (Å²) in [7, 11) is 0. The van der Waals surface area contributed by atoms with Crippen molar-refractivity contribution in [1.82, 2.24) is 24.5 Å². The lowest BCUT2D eigenvalue weighted by Crippen LogP contribution is -2.03. The third-order valence-corrected chi connectivity index (χ3v) is 14.1. The quantitative estimate of drug-likeness (QED) is 0.159. The van der Waals surface area contributed by atoms with Crippen molar-refractivity contribution >= 4 is 75.3 Å². The number of para-hydroxylation sites is 5. The molecule has 0 saturated heterocycles. The molecule has 14 aromatic rings. The number of fused-ring (bicyclic) bond motifs is 9. The van der Waals surface area contributed by atoms with Gasteiger partial charge in [-0.2, -0.15) is 0 Å². The molecule has 0 bridgehead atoms. The third kappa shape index (κ3) is 6.47. The van der Waals surface area contributed by atoms with Gasteiger partial charge in [0.1, 0.15) is 11.2 Å². The highest BCUT2D eigenvalue weighted by molar-refractivity contribution is 7.26. The summed E-state index contributed by atoms with van der Waals surface area (Å²) in [6.45, 7) is 0. The van der Waals surface area contributed by atoms with Crippen molar-refractivity contribution < 1.29 is 14.0 Å². The maximum Gasteiger partial charge on any atom is 0.166 e. The summed E-state index contributed by atoms with van der Waals surface area (Å²) in [5.41, 5.74) is 10.4. The second kappa shape index (κ2) is 15.8. The highest BCUT2D eigenvalue weighted by atomic mass is 32.1. The van der Waals surface area contributed by atoms with Crippen LogP contribution in [-0.2, 0) is 0 Å². The van der Waals surface area contributed by atoms with Gasteiger partial charge in [0.25, 0.3) is 0 Å². The van der Waals surface area contributed by atoms with E-state index in [4.69, 9.17) is 26.2 Å². The Balaban J connectivity index is 0.940. The van der Waals surface area contributed by atoms with Crippen LogP contribution < -0.4 is 0 Å². The van der Waals surface area contributed by atoms with Gasteiger partial charge in [-0.25, -0.2) is 15.0 Å². The molecule has 9 aromatic carbocycles. The second-order valence-electron chi connectivity index (χ2n) is 16.8. The molecule has 0 aliphatic rings. The van der Waals surface area contributed by atoms with Gasteiger partial charge < -0.3 is 8.98 Å². The number of pyridine rings is 1. The van der Waals surface area contributed by atoms with E-state index in [0.717, 1.165) is 86.6 Å². The number of rotatable bonds is 7. The first-order chi connectivity index (χ1) is 37.1. The number of nitrogens with zero attached hydrogens (tertiary/aromatic N) is 5. The Bertz CT molecular complexity index is 4750. The van der Waals surface area contributed by atoms with Crippen molar-refractivity contribution in [1.29, 1.82) is 0 Å². The fourth-order valence-corrected chi connectivity index (χ4v) is 10.9. The largest absolute Gasteiger partial charge is 0.455 e. The molecular formula is C62H37N5OS. The predicted octanol–water partition coefficient (Wildman–Crippen LogP) is 16.6. The van der Waals surface area contributed by atoms with Crippen LogP contribution in [0.1, 0.15) is 9.60 Å². The standard InChI is InChI=1S/C62H37N5OS/c1-5-22-53-46(14-1)47-15-2-6-23-54(47)67(53)55-24-7-3-17-51(55)62-65-60(40-28-26-38(27-29-40)39-32-34-63-35-33-39)64-61(66-62)43-13-9-12-41(36-43)45-19-11-21-50-52-37-42(30-31-57(52)69-59(45)50)44-18-10-20-49-48-16-4-8-25-56(48)68-58(44)49/h1-37H/i1D,2D,5D,14D,15D,22D,23D. The van der Waals surface area contributed by atoms with Gasteiger partial charge in [0.2, 0.25) is 0 Å². The van der Waals surface area contributed by atoms with Crippen molar-refractivity contribution in [2.24, 2.45) is 0 Å². The molecule has 0 unspecified atom stereocenters. The molecule has 5 heterocycles. The summed E-state index contributed by atoms with van der Waals surface area (Å²) in [5, 5.41) is 4.62. The first-order valence-electron chi connectivity index (χ1n) is 25.9. The Kier molecular flexibility index (Phi) is 7.47. The molecule has 5 aromatic heterocycles. The van der Waals surface area contributed by atoms with Crippen LogP contribution in [0.15, 0.2) is 229 Å². The monoisotopic (exact) mass is 906 g/mol. The van der Waals surface area contributed by atoms with Gasteiger partial charge >= 0.3 is 0 Å². The Labute approximate surface area is 409 Å². The lowest BCUT2D eigenvalue weighted by atomic mass is 9.98. The van der Waals surface area contributed by atoms with Crippen LogP contribution in [0.5, 0.6) is 0 Å². The lowest BCUT2D eigenvalue weighted by Gasteiger charge is -2.15. The van der Waals surface area contributed by atoms with Gasteiger partial charge in [0.05, 0.1) is 26.3 Å². The van der Waals surface area contributed by atoms with E-state index in [0.29, 0.717) is 22.9 Å². The molecular weight excluding hydrogens is 863 g/mol. The van der Waals surface area contributed by atoms with Crippen LogP contribution >= 0.6 is 11.3 Å². The molecule has 0 radical (unpaired) electrons. The second-order valence-corrected chi connectivity index (χ2v) is 17.9. The minimum atomic E-state index is -0.471. The van der Waals surface area contributed by atoms with Gasteiger partial charge in [-0.1, -0.05) is 152 Å². The molecule has 0 aliphatic carbocycles. The van der Waals surface area contributed by atoms with E-state index in [2.05, 4.69) is 77.8 Å². The van der Waals surface area contributed by atoms with Gasteiger partial charge in [-0.3, -0.25) is 4.98 Å². The van der Waals surface area contributed by atoms with E-state index in [1.165, 1.54) is 6.07 Å². The molecule has 0 atom stereocenters. The number of hydrogen-bond donors (Lipinski definition) is 0. The number of benzene rings is 9. The van der Waals surface area contributed by atoms with E-state index in [1.54, 1.807) is 40.4 Å². The average molecular weight is 907 g/mol. The number of aromatic nitrogens is 5. The van der Waals surface area contributed by atoms with Gasteiger partial charge in [-0.15, -0.1) is 11.3 Å². The summed E-state index contributed by atoms with van der Waals surface area (Å²) >= 11 is 1.75. The zero-order valence-electron chi connectivity index (χ0n) is 43.4. The van der Waals surface area contributed by atoms with Crippen LogP contribution in [-0.4, -0.2) is 24.5 Å². The van der Waals surface area contributed by atoms with E-state index in [-0.39, 0.29) is 57.8 Å². The number of hydrogen-bond acceptors (Lipinski definition) is 6. The molecule has 0 saturated carbocycles. The lowest BCUT2D eigenvalue weighted by molar-refractivity contribution is 0.670. The fourth-order valence-electron chi connectivity index (χ4n) is 9.67. The van der Waals surface area contributed by atoms with Crippen molar-refractivity contribution in [3.63, 3.8) is 0 Å². The minimum Gasteiger partial charge on any atom is -0.455 e. The van der Waals surface area contributed by atoms with E-state index in [1.807, 2.05) is 78.9 Å². The maximum atomic E-state index is 9.22. The molecule has 0 N–H and O–H groups in total. The fraction of sp³-hybridized carbons (Fsp3) is 0. The first-order valence-corrected chi connectivity index (χ1v) is 23.3. The van der Waals surface area contributed by atoms with E-state index in [9.17, 15) is 2.74 Å². The van der Waals surface area contributed by atoms with Crippen molar-refractivity contribution in [2.75, 3.05) is 0 Å². The Morgan fingerprint density at radius 3 is 1.96 bits per heavy atom. The molecule has 69 heavy (non-hydrogen) atoms. The van der Waals surface area contributed by atoms with Gasteiger partial charge in [0, 0.05) is 76.4 Å². The Hall–Kier alpha value is -9.04. The predicted molar refractivity (Wildman–Crippen MR) is 285 cm³/mol. The van der Waals surface area contributed by atoms with E-state index >= 15 is 0 Å². The molecule has 14 rings (SSSR count). The van der Waals surface area contributed by atoms with Gasteiger partial charge in [-0.05, 0) is 88.4 Å². The van der Waals surface area contributed by atoms with E-state index < -0.39 is 12.1 Å². The molecule has 6 nitrogen and oxygen atoms in total. The zero-order chi connectivity index (χ0) is 51.5. The van der Waals surface area contributed by atoms with Crippen molar-refractivity contribution in [2.45, 2.75) is 0 Å². The first kappa shape index (κ1) is 32.6. The highest BCUT2D eigenvalue weighted by Gasteiger charge is 2.21.